The summed E-state index contributed by atoms with van der Waals surface area (Å²) in [6.45, 7) is 6.24. The molecule has 0 bridgehead atoms. The average molecular weight is 415 g/mol. The predicted molar refractivity (Wildman–Crippen MR) is 111 cm³/mol. The van der Waals surface area contributed by atoms with Crippen molar-refractivity contribution in [3.8, 4) is 0 Å². The van der Waals surface area contributed by atoms with Crippen LogP contribution in [-0.2, 0) is 16.1 Å². The van der Waals surface area contributed by atoms with Gasteiger partial charge in [0.25, 0.3) is 11.8 Å². The number of urea groups is 1. The molecule has 8 heteroatoms. The maximum Gasteiger partial charge on any atom is 0.325 e. The Bertz CT molecular complexity index is 864. The third-order valence-electron chi connectivity index (χ3n) is 5.86. The van der Waals surface area contributed by atoms with Gasteiger partial charge in [-0.1, -0.05) is 32.9 Å². The molecule has 0 aromatic heterocycles. The average Bonchev–Trinajstić information content (AvgIpc) is 2.87. The zero-order valence-corrected chi connectivity index (χ0v) is 18.0. The first-order chi connectivity index (χ1) is 14.0. The van der Waals surface area contributed by atoms with Crippen LogP contribution in [0.1, 0.15) is 56.0 Å². The van der Waals surface area contributed by atoms with Gasteiger partial charge in [0.1, 0.15) is 12.1 Å². The van der Waals surface area contributed by atoms with Gasteiger partial charge in [0.2, 0.25) is 5.91 Å². The van der Waals surface area contributed by atoms with Gasteiger partial charge in [0.15, 0.2) is 0 Å². The highest BCUT2D eigenvalue weighted by Crippen LogP contribution is 2.46. The van der Waals surface area contributed by atoms with Crippen molar-refractivity contribution in [3.63, 3.8) is 0 Å². The molecule has 2 fully saturated rings. The zero-order valence-electron chi connectivity index (χ0n) is 18.0. The molecule has 1 aromatic carbocycles. The first-order valence-corrected chi connectivity index (χ1v) is 10.3. The summed E-state index contributed by atoms with van der Waals surface area (Å²) < 4.78 is 0. The van der Waals surface area contributed by atoms with Crippen LogP contribution >= 0.6 is 0 Å². The number of nitrogens with zero attached hydrogens (tertiary/aromatic N) is 1. The van der Waals surface area contributed by atoms with Crippen LogP contribution in [-0.4, -0.2) is 47.8 Å². The fraction of sp³-hybridized carbons (Fsp3) is 0.545. The van der Waals surface area contributed by atoms with Gasteiger partial charge in [-0.25, -0.2) is 4.79 Å². The number of hydrogen-bond donors (Lipinski definition) is 3. The predicted octanol–water partition coefficient (Wildman–Crippen LogP) is 1.80. The third kappa shape index (κ3) is 4.47. The van der Waals surface area contributed by atoms with Crippen LogP contribution in [0, 0.1) is 11.3 Å². The molecule has 3 N–H and O–H groups in total. The fourth-order valence-electron chi connectivity index (χ4n) is 4.97. The van der Waals surface area contributed by atoms with Gasteiger partial charge in [-0.2, -0.15) is 0 Å². The van der Waals surface area contributed by atoms with Crippen molar-refractivity contribution < 1.29 is 19.2 Å². The normalized spacial score (nSPS) is 25.2. The molecular formula is C22H30N4O4. The minimum atomic E-state index is -0.909. The molecule has 162 valence electrons. The van der Waals surface area contributed by atoms with E-state index in [9.17, 15) is 19.2 Å². The van der Waals surface area contributed by atoms with E-state index in [2.05, 4.69) is 36.7 Å². The zero-order chi connectivity index (χ0) is 22.1. The summed E-state index contributed by atoms with van der Waals surface area (Å²) in [5.74, 6) is -0.589. The second-order valence-corrected chi connectivity index (χ2v) is 9.31. The number of benzene rings is 1. The highest BCUT2D eigenvalue weighted by Gasteiger charge is 2.56. The Morgan fingerprint density at radius 1 is 1.17 bits per heavy atom. The van der Waals surface area contributed by atoms with Gasteiger partial charge in [0, 0.05) is 19.2 Å². The number of carbonyl (C=O) groups is 4. The molecule has 0 radical (unpaired) electrons. The largest absolute Gasteiger partial charge is 0.355 e. The third-order valence-corrected chi connectivity index (χ3v) is 5.86. The summed E-state index contributed by atoms with van der Waals surface area (Å²) in [7, 11) is 1.56. The Hall–Kier alpha value is -2.90. The molecule has 2 aliphatic rings. The number of carbonyl (C=O) groups excluding carboxylic acids is 4. The molecule has 3 rings (SSSR count). The highest BCUT2D eigenvalue weighted by molar-refractivity contribution is 6.09. The number of nitrogens with one attached hydrogen (secondary N) is 3. The molecule has 2 unspecified atom stereocenters. The standard InChI is InChI=1S/C22H30N4O4/c1-14-9-21(2,3)13-22(10-14)19(29)26(20(30)25-22)12-17(27)24-11-15-5-7-16(8-6-15)18(28)23-4/h5-8,14H,9-13H2,1-4H3,(H,23,28)(H,24,27)(H,25,30). The lowest BCUT2D eigenvalue weighted by Gasteiger charge is -2.43. The van der Waals surface area contributed by atoms with Crippen LogP contribution in [0.25, 0.3) is 0 Å². The van der Waals surface area contributed by atoms with Crippen molar-refractivity contribution in [1.82, 2.24) is 20.9 Å². The van der Waals surface area contributed by atoms with Gasteiger partial charge in [-0.3, -0.25) is 19.3 Å². The molecule has 1 aromatic rings. The fourth-order valence-corrected chi connectivity index (χ4v) is 4.97. The number of rotatable bonds is 5. The second kappa shape index (κ2) is 8.08. The highest BCUT2D eigenvalue weighted by atomic mass is 16.2. The van der Waals surface area contributed by atoms with Gasteiger partial charge >= 0.3 is 6.03 Å². The van der Waals surface area contributed by atoms with E-state index < -0.39 is 17.5 Å². The van der Waals surface area contributed by atoms with Crippen LogP contribution in [0.4, 0.5) is 4.79 Å². The van der Waals surface area contributed by atoms with Gasteiger partial charge in [-0.15, -0.1) is 0 Å². The molecule has 1 saturated heterocycles. The monoisotopic (exact) mass is 414 g/mol. The molecule has 1 aliphatic carbocycles. The van der Waals surface area contributed by atoms with Crippen molar-refractivity contribution in [2.45, 2.75) is 52.1 Å². The Morgan fingerprint density at radius 2 is 1.83 bits per heavy atom. The lowest BCUT2D eigenvalue weighted by Crippen LogP contribution is -2.54. The topological polar surface area (TPSA) is 108 Å². The van der Waals surface area contributed by atoms with E-state index in [1.165, 1.54) is 0 Å². The summed E-state index contributed by atoms with van der Waals surface area (Å²) in [5, 5.41) is 8.16. The quantitative estimate of drug-likeness (QED) is 0.639. The van der Waals surface area contributed by atoms with Crippen LogP contribution in [0.5, 0.6) is 0 Å². The second-order valence-electron chi connectivity index (χ2n) is 9.31. The Morgan fingerprint density at radius 3 is 2.43 bits per heavy atom. The Labute approximate surface area is 176 Å². The first-order valence-electron chi connectivity index (χ1n) is 10.3. The van der Waals surface area contributed by atoms with Crippen molar-refractivity contribution >= 4 is 23.8 Å². The van der Waals surface area contributed by atoms with Crippen molar-refractivity contribution in [2.24, 2.45) is 11.3 Å². The molecule has 2 atom stereocenters. The smallest absolute Gasteiger partial charge is 0.325 e. The van der Waals surface area contributed by atoms with Crippen LogP contribution in [0.2, 0.25) is 0 Å². The maximum atomic E-state index is 13.1. The number of imide groups is 1. The Balaban J connectivity index is 1.59. The molecule has 30 heavy (non-hydrogen) atoms. The molecule has 5 amide bonds. The minimum absolute atomic E-state index is 0.0558. The van der Waals surface area contributed by atoms with Crippen molar-refractivity contribution in [1.29, 1.82) is 0 Å². The first kappa shape index (κ1) is 21.8. The van der Waals surface area contributed by atoms with E-state index in [0.717, 1.165) is 16.9 Å². The lowest BCUT2D eigenvalue weighted by atomic mass is 9.64. The molecule has 1 heterocycles. The van der Waals surface area contributed by atoms with Crippen LogP contribution < -0.4 is 16.0 Å². The summed E-state index contributed by atoms with van der Waals surface area (Å²) in [4.78, 5) is 50.6. The van der Waals surface area contributed by atoms with Crippen molar-refractivity contribution in [3.05, 3.63) is 35.4 Å². The molecular weight excluding hydrogens is 384 g/mol. The molecule has 8 nitrogen and oxygen atoms in total. The van der Waals surface area contributed by atoms with Gasteiger partial charge < -0.3 is 16.0 Å². The van der Waals surface area contributed by atoms with Gasteiger partial charge in [0.05, 0.1) is 0 Å². The minimum Gasteiger partial charge on any atom is -0.355 e. The number of hydrogen-bond acceptors (Lipinski definition) is 4. The van der Waals surface area contributed by atoms with E-state index in [-0.39, 0.29) is 30.3 Å². The van der Waals surface area contributed by atoms with Crippen molar-refractivity contribution in [2.75, 3.05) is 13.6 Å². The number of amides is 5. The lowest BCUT2D eigenvalue weighted by molar-refractivity contribution is -0.137. The van der Waals surface area contributed by atoms with E-state index in [0.29, 0.717) is 24.3 Å². The van der Waals surface area contributed by atoms with Crippen LogP contribution in [0.15, 0.2) is 24.3 Å². The van der Waals surface area contributed by atoms with E-state index in [1.54, 1.807) is 31.3 Å². The summed E-state index contributed by atoms with van der Waals surface area (Å²) >= 11 is 0. The maximum absolute atomic E-state index is 13.1. The SMILES string of the molecule is CNC(=O)c1ccc(CNC(=O)CN2C(=O)NC3(CC(C)CC(C)(C)C3)C2=O)cc1. The summed E-state index contributed by atoms with van der Waals surface area (Å²) in [6, 6.07) is 6.34. The van der Waals surface area contributed by atoms with Gasteiger partial charge in [-0.05, 0) is 48.3 Å². The molecule has 1 spiro atoms. The van der Waals surface area contributed by atoms with Crippen LogP contribution in [0.3, 0.4) is 0 Å². The molecule has 1 aliphatic heterocycles. The summed E-state index contributed by atoms with van der Waals surface area (Å²) in [5.41, 5.74) is 0.378. The summed E-state index contributed by atoms with van der Waals surface area (Å²) in [6.07, 6.45) is 2.17. The van der Waals surface area contributed by atoms with E-state index in [4.69, 9.17) is 0 Å². The van der Waals surface area contributed by atoms with E-state index >= 15 is 0 Å². The van der Waals surface area contributed by atoms with E-state index in [1.807, 2.05) is 0 Å². The molecule has 1 saturated carbocycles. The Kier molecular flexibility index (Phi) is 5.87.